The van der Waals surface area contributed by atoms with Crippen LogP contribution in [0, 0.1) is 12.7 Å². The van der Waals surface area contributed by atoms with Crippen molar-refractivity contribution in [3.63, 3.8) is 0 Å². The number of carbonyl (C=O) groups is 1. The Labute approximate surface area is 170 Å². The first kappa shape index (κ1) is 19.7. The number of aromatic amines is 1. The second-order valence-electron chi connectivity index (χ2n) is 6.76. The lowest BCUT2D eigenvalue weighted by Crippen LogP contribution is -2.28. The van der Waals surface area contributed by atoms with Crippen LogP contribution < -0.4 is 5.32 Å². The number of aromatic nitrogens is 3. The lowest BCUT2D eigenvalue weighted by molar-refractivity contribution is 0.102. The number of rotatable bonds is 5. The first-order valence-corrected chi connectivity index (χ1v) is 11.2. The van der Waals surface area contributed by atoms with E-state index in [1.807, 2.05) is 0 Å². The molecule has 1 amide bonds. The molecule has 3 heterocycles. The highest BCUT2D eigenvalue weighted by molar-refractivity contribution is 7.89. The van der Waals surface area contributed by atoms with E-state index in [2.05, 4.69) is 20.5 Å². The van der Waals surface area contributed by atoms with E-state index < -0.39 is 15.8 Å². The summed E-state index contributed by atoms with van der Waals surface area (Å²) in [6.45, 7) is 2.13. The molecule has 0 bridgehead atoms. The number of H-pyrrole nitrogens is 1. The van der Waals surface area contributed by atoms with Gasteiger partial charge in [-0.3, -0.25) is 15.2 Å². The van der Waals surface area contributed by atoms with Crippen molar-refractivity contribution in [1.82, 2.24) is 19.5 Å². The predicted octanol–water partition coefficient (Wildman–Crippen LogP) is 2.74. The second-order valence-corrected chi connectivity index (χ2v) is 9.59. The van der Waals surface area contributed by atoms with Crippen LogP contribution in [0.1, 0.15) is 34.1 Å². The summed E-state index contributed by atoms with van der Waals surface area (Å²) in [6.07, 6.45) is 2.18. The zero-order chi connectivity index (χ0) is 20.6. The maximum Gasteiger partial charge on any atom is 0.277 e. The normalized spacial score (nSPS) is 17.5. The van der Waals surface area contributed by atoms with Crippen LogP contribution in [0.3, 0.4) is 0 Å². The summed E-state index contributed by atoms with van der Waals surface area (Å²) in [5, 5.41) is 11.8. The Balaban J connectivity index is 1.46. The van der Waals surface area contributed by atoms with E-state index in [1.165, 1.54) is 34.7 Å². The fourth-order valence-electron chi connectivity index (χ4n) is 3.24. The molecular weight excluding hydrogens is 417 g/mol. The van der Waals surface area contributed by atoms with Crippen LogP contribution in [0.15, 0.2) is 40.7 Å². The van der Waals surface area contributed by atoms with Crippen molar-refractivity contribution in [2.24, 2.45) is 0 Å². The zero-order valence-electron chi connectivity index (χ0n) is 15.4. The van der Waals surface area contributed by atoms with E-state index in [4.69, 9.17) is 0 Å². The fourth-order valence-corrected chi connectivity index (χ4v) is 5.35. The molecule has 3 aromatic rings. The number of benzene rings is 1. The van der Waals surface area contributed by atoms with Gasteiger partial charge in [-0.15, -0.1) is 11.3 Å². The topological polar surface area (TPSA) is 108 Å². The van der Waals surface area contributed by atoms with E-state index >= 15 is 0 Å². The Morgan fingerprint density at radius 1 is 1.38 bits per heavy atom. The van der Waals surface area contributed by atoms with Gasteiger partial charge in [0.1, 0.15) is 5.82 Å². The number of hydrogen-bond acceptors (Lipinski definition) is 6. The van der Waals surface area contributed by atoms with Gasteiger partial charge in [-0.2, -0.15) is 9.40 Å². The van der Waals surface area contributed by atoms with Crippen LogP contribution in [0.25, 0.3) is 0 Å². The van der Waals surface area contributed by atoms with Crippen molar-refractivity contribution in [2.75, 3.05) is 18.4 Å². The van der Waals surface area contributed by atoms with Gasteiger partial charge in [0.25, 0.3) is 5.91 Å². The van der Waals surface area contributed by atoms with Crippen LogP contribution in [0.2, 0.25) is 0 Å². The minimum Gasteiger partial charge on any atom is -0.296 e. The number of sulfonamides is 1. The molecule has 11 heteroatoms. The number of nitrogens with zero attached hydrogens (tertiary/aromatic N) is 3. The van der Waals surface area contributed by atoms with Crippen molar-refractivity contribution < 1.29 is 17.6 Å². The smallest absolute Gasteiger partial charge is 0.277 e. The highest BCUT2D eigenvalue weighted by atomic mass is 32.2. The molecular formula is C18H18FN5O3S2. The molecule has 1 aliphatic rings. The second kappa shape index (κ2) is 7.65. The number of hydrogen-bond donors (Lipinski definition) is 2. The van der Waals surface area contributed by atoms with Gasteiger partial charge in [0.2, 0.25) is 10.0 Å². The van der Waals surface area contributed by atoms with E-state index in [1.54, 1.807) is 17.6 Å². The van der Waals surface area contributed by atoms with Crippen LogP contribution >= 0.6 is 11.3 Å². The molecule has 1 aromatic carbocycles. The van der Waals surface area contributed by atoms with E-state index in [-0.39, 0.29) is 34.5 Å². The summed E-state index contributed by atoms with van der Waals surface area (Å²) < 4.78 is 40.6. The molecule has 0 aliphatic carbocycles. The number of thiazole rings is 1. The Hall–Kier alpha value is -2.63. The van der Waals surface area contributed by atoms with Gasteiger partial charge in [-0.05, 0) is 43.2 Å². The summed E-state index contributed by atoms with van der Waals surface area (Å²) in [5.41, 5.74) is 1.19. The summed E-state index contributed by atoms with van der Waals surface area (Å²) in [4.78, 5) is 16.3. The molecule has 1 unspecified atom stereocenters. The van der Waals surface area contributed by atoms with E-state index in [0.29, 0.717) is 23.8 Å². The molecule has 2 N–H and O–H groups in total. The number of halogens is 1. The van der Waals surface area contributed by atoms with E-state index in [9.17, 15) is 17.6 Å². The number of carbonyl (C=O) groups excluding carboxylic acids is 1. The summed E-state index contributed by atoms with van der Waals surface area (Å²) >= 11 is 1.30. The molecule has 1 saturated heterocycles. The van der Waals surface area contributed by atoms with Gasteiger partial charge in [0.15, 0.2) is 10.8 Å². The highest BCUT2D eigenvalue weighted by Crippen LogP contribution is 2.31. The van der Waals surface area contributed by atoms with Gasteiger partial charge in [0, 0.05) is 36.3 Å². The molecule has 0 spiro atoms. The van der Waals surface area contributed by atoms with Crippen molar-refractivity contribution >= 4 is 32.4 Å². The van der Waals surface area contributed by atoms with Gasteiger partial charge in [-0.25, -0.2) is 17.8 Å². The molecule has 0 saturated carbocycles. The Bertz CT molecular complexity index is 1140. The monoisotopic (exact) mass is 435 g/mol. The molecule has 1 atom stereocenters. The first-order valence-electron chi connectivity index (χ1n) is 8.87. The molecule has 4 rings (SSSR count). The molecule has 2 aromatic heterocycles. The van der Waals surface area contributed by atoms with Crippen LogP contribution in [-0.2, 0) is 10.0 Å². The van der Waals surface area contributed by atoms with Crippen LogP contribution in [0.5, 0.6) is 0 Å². The summed E-state index contributed by atoms with van der Waals surface area (Å²) in [5.74, 6) is -0.934. The maximum atomic E-state index is 13.5. The van der Waals surface area contributed by atoms with Crippen molar-refractivity contribution in [3.05, 3.63) is 58.6 Å². The highest BCUT2D eigenvalue weighted by Gasteiger charge is 2.34. The third kappa shape index (κ3) is 3.93. The predicted molar refractivity (Wildman–Crippen MR) is 106 cm³/mol. The molecule has 152 valence electrons. The molecule has 8 nitrogen and oxygen atoms in total. The standard InChI is InChI=1S/C18H18FN5O3S2/c1-11-8-13(2-3-14(11)19)29(26,27)24-6-4-12(10-24)15-9-16(23-22-15)17(25)21-18-20-5-7-28-18/h2-3,5,7-9,12H,4,6,10H2,1H3,(H,22,23)(H,20,21,25). The number of anilines is 1. The third-order valence-electron chi connectivity index (χ3n) is 4.84. The van der Waals surface area contributed by atoms with Crippen molar-refractivity contribution in [3.8, 4) is 0 Å². The largest absolute Gasteiger partial charge is 0.296 e. The van der Waals surface area contributed by atoms with Crippen LogP contribution in [-0.4, -0.2) is 46.9 Å². The average molecular weight is 436 g/mol. The van der Waals surface area contributed by atoms with Crippen molar-refractivity contribution in [1.29, 1.82) is 0 Å². The minimum absolute atomic E-state index is 0.0742. The SMILES string of the molecule is Cc1cc(S(=O)(=O)N2CCC(c3cc(C(=O)Nc4nccs4)n[nH]3)C2)ccc1F. The molecule has 0 radical (unpaired) electrons. The van der Waals surface area contributed by atoms with Crippen LogP contribution in [0.4, 0.5) is 9.52 Å². The van der Waals surface area contributed by atoms with Gasteiger partial charge in [0.05, 0.1) is 4.90 Å². The van der Waals surface area contributed by atoms with Gasteiger partial charge < -0.3 is 0 Å². The summed E-state index contributed by atoms with van der Waals surface area (Å²) in [6, 6.07) is 5.42. The fraction of sp³-hybridized carbons (Fsp3) is 0.278. The zero-order valence-corrected chi connectivity index (χ0v) is 17.1. The average Bonchev–Trinajstić information content (AvgIpc) is 3.44. The first-order chi connectivity index (χ1) is 13.8. The number of nitrogens with one attached hydrogen (secondary N) is 2. The lowest BCUT2D eigenvalue weighted by Gasteiger charge is -2.16. The third-order valence-corrected chi connectivity index (χ3v) is 7.39. The summed E-state index contributed by atoms with van der Waals surface area (Å²) in [7, 11) is -3.72. The number of aryl methyl sites for hydroxylation is 1. The molecule has 1 fully saturated rings. The Morgan fingerprint density at radius 3 is 2.93 bits per heavy atom. The van der Waals surface area contributed by atoms with Crippen molar-refractivity contribution in [2.45, 2.75) is 24.2 Å². The minimum atomic E-state index is -3.72. The van der Waals surface area contributed by atoms with E-state index in [0.717, 1.165) is 6.07 Å². The molecule has 29 heavy (non-hydrogen) atoms. The van der Waals surface area contributed by atoms with Gasteiger partial charge in [-0.1, -0.05) is 0 Å². The maximum absolute atomic E-state index is 13.5. The van der Waals surface area contributed by atoms with Gasteiger partial charge >= 0.3 is 0 Å². The Morgan fingerprint density at radius 2 is 2.21 bits per heavy atom. The number of amides is 1. The lowest BCUT2D eigenvalue weighted by atomic mass is 10.1. The quantitative estimate of drug-likeness (QED) is 0.641. The Kier molecular flexibility index (Phi) is 5.19. The molecule has 1 aliphatic heterocycles.